The molecule has 0 saturated carbocycles. The fourth-order valence-electron chi connectivity index (χ4n) is 3.81. The number of benzene rings is 2. The molecule has 1 atom stereocenters. The van der Waals surface area contributed by atoms with Gasteiger partial charge in [0, 0.05) is 36.9 Å². The first-order valence-corrected chi connectivity index (χ1v) is 9.73. The van der Waals surface area contributed by atoms with Crippen LogP contribution >= 0.6 is 0 Å². The summed E-state index contributed by atoms with van der Waals surface area (Å²) in [6.07, 6.45) is 1.71. The largest absolute Gasteiger partial charge is 0.454 e. The Kier molecular flexibility index (Phi) is 5.50. The average Bonchev–Trinajstić information content (AvgIpc) is 3.21. The van der Waals surface area contributed by atoms with E-state index in [1.54, 1.807) is 18.2 Å². The molecule has 2 aromatic rings. The molecule has 0 aliphatic carbocycles. The summed E-state index contributed by atoms with van der Waals surface area (Å²) in [6, 6.07) is 15.8. The summed E-state index contributed by atoms with van der Waals surface area (Å²) < 4.78 is 16.3. The highest BCUT2D eigenvalue weighted by atomic mass is 16.7. The van der Waals surface area contributed by atoms with Crippen LogP contribution < -0.4 is 20.1 Å². The SMILES string of the molecule is CC(NC1(CNC(=O)c2ccc3c(c2)OCO3)CCOCC1)c1ccccc1. The van der Waals surface area contributed by atoms with Crippen molar-refractivity contribution in [1.29, 1.82) is 0 Å². The predicted molar refractivity (Wildman–Crippen MR) is 106 cm³/mol. The second-order valence-electron chi connectivity index (χ2n) is 7.42. The second-order valence-corrected chi connectivity index (χ2v) is 7.42. The first kappa shape index (κ1) is 18.8. The highest BCUT2D eigenvalue weighted by molar-refractivity contribution is 5.95. The lowest BCUT2D eigenvalue weighted by molar-refractivity contribution is 0.0332. The van der Waals surface area contributed by atoms with E-state index in [4.69, 9.17) is 14.2 Å². The molecular formula is C22H26N2O4. The summed E-state index contributed by atoms with van der Waals surface area (Å²) >= 11 is 0. The van der Waals surface area contributed by atoms with E-state index in [9.17, 15) is 4.79 Å². The average molecular weight is 382 g/mol. The summed E-state index contributed by atoms with van der Waals surface area (Å²) in [5.41, 5.74) is 1.61. The molecule has 148 valence electrons. The lowest BCUT2D eigenvalue weighted by Crippen LogP contribution is -2.57. The number of hydrogen-bond acceptors (Lipinski definition) is 5. The van der Waals surface area contributed by atoms with E-state index >= 15 is 0 Å². The van der Waals surface area contributed by atoms with Crippen molar-refractivity contribution in [3.8, 4) is 11.5 Å². The quantitative estimate of drug-likeness (QED) is 0.804. The maximum atomic E-state index is 12.7. The number of fused-ring (bicyclic) bond motifs is 1. The summed E-state index contributed by atoms with van der Waals surface area (Å²) in [7, 11) is 0. The number of amides is 1. The van der Waals surface area contributed by atoms with Gasteiger partial charge in [0.2, 0.25) is 6.79 Å². The molecule has 6 nitrogen and oxygen atoms in total. The molecular weight excluding hydrogens is 356 g/mol. The standard InChI is InChI=1S/C22H26N2O4/c1-16(17-5-3-2-4-6-17)24-22(9-11-26-12-10-22)14-23-21(25)18-7-8-19-20(13-18)28-15-27-19/h2-8,13,16,24H,9-12,14-15H2,1H3,(H,23,25). The third-order valence-corrected chi connectivity index (χ3v) is 5.49. The number of hydrogen-bond donors (Lipinski definition) is 2. The van der Waals surface area contributed by atoms with Crippen molar-refractivity contribution in [3.63, 3.8) is 0 Å². The molecule has 28 heavy (non-hydrogen) atoms. The predicted octanol–water partition coefficient (Wildman–Crippen LogP) is 3.05. The lowest BCUT2D eigenvalue weighted by Gasteiger charge is -2.40. The second kappa shape index (κ2) is 8.20. The zero-order chi connectivity index (χ0) is 19.4. The number of carbonyl (C=O) groups excluding carboxylic acids is 1. The van der Waals surface area contributed by atoms with Gasteiger partial charge < -0.3 is 24.8 Å². The molecule has 2 heterocycles. The Morgan fingerprint density at radius 2 is 1.82 bits per heavy atom. The molecule has 2 N–H and O–H groups in total. The Hall–Kier alpha value is -2.57. The lowest BCUT2D eigenvalue weighted by atomic mass is 9.88. The molecule has 0 bridgehead atoms. The molecule has 0 aromatic heterocycles. The number of carbonyl (C=O) groups is 1. The van der Waals surface area contributed by atoms with Crippen molar-refractivity contribution < 1.29 is 19.0 Å². The first-order chi connectivity index (χ1) is 13.7. The molecule has 1 amide bonds. The fourth-order valence-corrected chi connectivity index (χ4v) is 3.81. The minimum Gasteiger partial charge on any atom is -0.454 e. The van der Waals surface area contributed by atoms with Gasteiger partial charge in [0.05, 0.1) is 0 Å². The zero-order valence-electron chi connectivity index (χ0n) is 16.1. The van der Waals surface area contributed by atoms with Gasteiger partial charge in [0.25, 0.3) is 5.91 Å². The Morgan fingerprint density at radius 3 is 2.61 bits per heavy atom. The smallest absolute Gasteiger partial charge is 0.251 e. The highest BCUT2D eigenvalue weighted by Crippen LogP contribution is 2.32. The third-order valence-electron chi connectivity index (χ3n) is 5.49. The minimum absolute atomic E-state index is 0.113. The number of rotatable bonds is 6. The maximum Gasteiger partial charge on any atom is 0.251 e. The summed E-state index contributed by atoms with van der Waals surface area (Å²) in [6.45, 7) is 4.28. The van der Waals surface area contributed by atoms with E-state index in [1.165, 1.54) is 5.56 Å². The Labute approximate surface area is 165 Å². The van der Waals surface area contributed by atoms with Crippen LogP contribution in [-0.4, -0.2) is 38.0 Å². The Morgan fingerprint density at radius 1 is 1.07 bits per heavy atom. The van der Waals surface area contributed by atoms with Crippen LogP contribution in [0.1, 0.15) is 41.7 Å². The normalized spacial score (nSPS) is 18.5. The van der Waals surface area contributed by atoms with Crippen LogP contribution in [0.2, 0.25) is 0 Å². The summed E-state index contributed by atoms with van der Waals surface area (Å²) in [4.78, 5) is 12.7. The van der Waals surface area contributed by atoms with Crippen LogP contribution in [0.4, 0.5) is 0 Å². The van der Waals surface area contributed by atoms with Gasteiger partial charge in [-0.2, -0.15) is 0 Å². The molecule has 1 saturated heterocycles. The summed E-state index contributed by atoms with van der Waals surface area (Å²) in [5, 5.41) is 6.86. The summed E-state index contributed by atoms with van der Waals surface area (Å²) in [5.74, 6) is 1.18. The van der Waals surface area contributed by atoms with E-state index in [-0.39, 0.29) is 24.3 Å². The number of nitrogens with one attached hydrogen (secondary N) is 2. The van der Waals surface area contributed by atoms with Crippen molar-refractivity contribution in [1.82, 2.24) is 10.6 Å². The topological polar surface area (TPSA) is 68.8 Å². The molecule has 0 spiro atoms. The molecule has 2 aliphatic rings. The van der Waals surface area contributed by atoms with E-state index in [1.807, 2.05) is 18.2 Å². The molecule has 6 heteroatoms. The maximum absolute atomic E-state index is 12.7. The molecule has 2 aliphatic heterocycles. The van der Waals surface area contributed by atoms with Crippen molar-refractivity contribution in [3.05, 3.63) is 59.7 Å². The van der Waals surface area contributed by atoms with Crippen molar-refractivity contribution in [2.45, 2.75) is 31.3 Å². The monoisotopic (exact) mass is 382 g/mol. The van der Waals surface area contributed by atoms with Crippen molar-refractivity contribution >= 4 is 5.91 Å². The number of ether oxygens (including phenoxy) is 3. The van der Waals surface area contributed by atoms with Gasteiger partial charge >= 0.3 is 0 Å². The Balaban J connectivity index is 1.43. The van der Waals surface area contributed by atoms with Crippen molar-refractivity contribution in [2.24, 2.45) is 0 Å². The fraction of sp³-hybridized carbons (Fsp3) is 0.409. The van der Waals surface area contributed by atoms with Crippen LogP contribution in [0.3, 0.4) is 0 Å². The van der Waals surface area contributed by atoms with E-state index in [2.05, 4.69) is 29.7 Å². The van der Waals surface area contributed by atoms with Crippen LogP contribution in [-0.2, 0) is 4.74 Å². The third kappa shape index (κ3) is 4.13. The molecule has 2 aromatic carbocycles. The van der Waals surface area contributed by atoms with Gasteiger partial charge in [-0.05, 0) is 43.5 Å². The van der Waals surface area contributed by atoms with Crippen LogP contribution in [0.5, 0.6) is 11.5 Å². The van der Waals surface area contributed by atoms with Crippen LogP contribution in [0, 0.1) is 0 Å². The molecule has 4 rings (SSSR count). The van der Waals surface area contributed by atoms with E-state index in [0.29, 0.717) is 36.8 Å². The van der Waals surface area contributed by atoms with E-state index in [0.717, 1.165) is 12.8 Å². The van der Waals surface area contributed by atoms with Gasteiger partial charge in [-0.25, -0.2) is 0 Å². The van der Waals surface area contributed by atoms with Crippen molar-refractivity contribution in [2.75, 3.05) is 26.6 Å². The minimum atomic E-state index is -0.195. The first-order valence-electron chi connectivity index (χ1n) is 9.73. The molecule has 0 radical (unpaired) electrons. The van der Waals surface area contributed by atoms with Gasteiger partial charge in [0.15, 0.2) is 11.5 Å². The molecule has 1 fully saturated rings. The van der Waals surface area contributed by atoms with Crippen LogP contribution in [0.25, 0.3) is 0 Å². The van der Waals surface area contributed by atoms with Gasteiger partial charge in [-0.1, -0.05) is 30.3 Å². The van der Waals surface area contributed by atoms with Gasteiger partial charge in [0.1, 0.15) is 0 Å². The van der Waals surface area contributed by atoms with Gasteiger partial charge in [-0.3, -0.25) is 4.79 Å². The van der Waals surface area contributed by atoms with E-state index < -0.39 is 0 Å². The van der Waals surface area contributed by atoms with Gasteiger partial charge in [-0.15, -0.1) is 0 Å². The molecule has 1 unspecified atom stereocenters. The van der Waals surface area contributed by atoms with Crippen LogP contribution in [0.15, 0.2) is 48.5 Å². The highest BCUT2D eigenvalue weighted by Gasteiger charge is 2.34. The zero-order valence-corrected chi connectivity index (χ0v) is 16.1. The Bertz CT molecular complexity index is 819.